The maximum absolute atomic E-state index is 10.9. The normalized spacial score (nSPS) is 9.21. The number of carboxylic acid groups (broad SMARTS) is 1. The van der Waals surface area contributed by atoms with Gasteiger partial charge in [-0.25, -0.2) is 14.6 Å². The number of carbonyl (C=O) groups excluding carboxylic acids is 1. The van der Waals surface area contributed by atoms with E-state index in [1.54, 1.807) is 0 Å². The van der Waals surface area contributed by atoms with Gasteiger partial charge in [0.2, 0.25) is 0 Å². The van der Waals surface area contributed by atoms with Gasteiger partial charge in [0, 0.05) is 13.2 Å². The van der Waals surface area contributed by atoms with Gasteiger partial charge in [0.15, 0.2) is 5.69 Å². The predicted octanol–water partition coefficient (Wildman–Crippen LogP) is 0.531. The van der Waals surface area contributed by atoms with Crippen LogP contribution in [0.3, 0.4) is 0 Å². The molecule has 0 saturated carbocycles. The Morgan fingerprint density at radius 3 is 2.79 bits per heavy atom. The molecule has 0 aliphatic heterocycles. The molecule has 3 N–H and O–H groups in total. The second-order valence-electron chi connectivity index (χ2n) is 2.41. The SMILES string of the molecule is CNC(=O)Nc1cccnc1C(=O)O. The van der Waals surface area contributed by atoms with Gasteiger partial charge < -0.3 is 15.7 Å². The van der Waals surface area contributed by atoms with Crippen molar-refractivity contribution in [3.63, 3.8) is 0 Å². The number of aromatic nitrogens is 1. The Bertz CT molecular complexity index is 365. The largest absolute Gasteiger partial charge is 0.476 e. The minimum atomic E-state index is -1.18. The molecular weight excluding hydrogens is 186 g/mol. The molecule has 1 aromatic rings. The van der Waals surface area contributed by atoms with Crippen LogP contribution < -0.4 is 10.6 Å². The third kappa shape index (κ3) is 2.19. The summed E-state index contributed by atoms with van der Waals surface area (Å²) in [5, 5.41) is 13.4. The van der Waals surface area contributed by atoms with E-state index in [9.17, 15) is 9.59 Å². The number of rotatable bonds is 2. The Kier molecular flexibility index (Phi) is 3.01. The van der Waals surface area contributed by atoms with E-state index in [1.165, 1.54) is 25.4 Å². The fourth-order valence-corrected chi connectivity index (χ4v) is 0.861. The zero-order valence-corrected chi connectivity index (χ0v) is 7.44. The average molecular weight is 195 g/mol. The summed E-state index contributed by atoms with van der Waals surface area (Å²) in [6.45, 7) is 0. The van der Waals surface area contributed by atoms with E-state index in [4.69, 9.17) is 5.11 Å². The molecule has 0 saturated heterocycles. The molecule has 0 aliphatic rings. The fourth-order valence-electron chi connectivity index (χ4n) is 0.861. The van der Waals surface area contributed by atoms with E-state index in [1.807, 2.05) is 0 Å². The molecule has 6 nitrogen and oxygen atoms in total. The summed E-state index contributed by atoms with van der Waals surface area (Å²) in [6.07, 6.45) is 1.35. The highest BCUT2D eigenvalue weighted by Gasteiger charge is 2.11. The topological polar surface area (TPSA) is 91.3 Å². The lowest BCUT2D eigenvalue weighted by Crippen LogP contribution is -2.25. The summed E-state index contributed by atoms with van der Waals surface area (Å²) in [6, 6.07) is 2.52. The molecule has 74 valence electrons. The van der Waals surface area contributed by atoms with Gasteiger partial charge >= 0.3 is 12.0 Å². The Morgan fingerprint density at radius 2 is 2.21 bits per heavy atom. The van der Waals surface area contributed by atoms with Crippen LogP contribution in [0, 0.1) is 0 Å². The number of aromatic carboxylic acids is 1. The minimum absolute atomic E-state index is 0.166. The van der Waals surface area contributed by atoms with Crippen molar-refractivity contribution < 1.29 is 14.7 Å². The zero-order chi connectivity index (χ0) is 10.6. The highest BCUT2D eigenvalue weighted by atomic mass is 16.4. The van der Waals surface area contributed by atoms with Crippen LogP contribution in [-0.4, -0.2) is 29.1 Å². The second-order valence-corrected chi connectivity index (χ2v) is 2.41. The second kappa shape index (κ2) is 4.22. The standard InChI is InChI=1S/C8H9N3O3/c1-9-8(14)11-5-3-2-4-10-6(5)7(12)13/h2-4H,1H3,(H,12,13)(H2,9,11,14). The number of hydrogen-bond donors (Lipinski definition) is 3. The lowest BCUT2D eigenvalue weighted by atomic mass is 10.3. The molecule has 0 unspecified atom stereocenters. The van der Waals surface area contributed by atoms with Crippen LogP contribution in [0.4, 0.5) is 10.5 Å². The Morgan fingerprint density at radius 1 is 1.50 bits per heavy atom. The van der Waals surface area contributed by atoms with Crippen LogP contribution in [0.5, 0.6) is 0 Å². The number of anilines is 1. The van der Waals surface area contributed by atoms with Crippen LogP contribution in [0.25, 0.3) is 0 Å². The first-order valence-electron chi connectivity index (χ1n) is 3.82. The Labute approximate surface area is 80.0 Å². The van der Waals surface area contributed by atoms with Crippen LogP contribution in [0.2, 0.25) is 0 Å². The first-order chi connectivity index (χ1) is 6.65. The van der Waals surface area contributed by atoms with Crippen molar-refractivity contribution >= 4 is 17.7 Å². The quantitative estimate of drug-likeness (QED) is 0.641. The van der Waals surface area contributed by atoms with Crippen LogP contribution in [0.1, 0.15) is 10.5 Å². The molecule has 14 heavy (non-hydrogen) atoms. The van der Waals surface area contributed by atoms with E-state index in [0.717, 1.165) is 0 Å². The number of nitrogens with zero attached hydrogens (tertiary/aromatic N) is 1. The van der Waals surface area contributed by atoms with Crippen molar-refractivity contribution in [1.82, 2.24) is 10.3 Å². The van der Waals surface area contributed by atoms with Crippen molar-refractivity contribution in [2.45, 2.75) is 0 Å². The summed E-state index contributed by atoms with van der Waals surface area (Å²) < 4.78 is 0. The number of amides is 2. The molecule has 0 bridgehead atoms. The highest BCUT2D eigenvalue weighted by Crippen LogP contribution is 2.11. The van der Waals surface area contributed by atoms with Gasteiger partial charge in [0.25, 0.3) is 0 Å². The summed E-state index contributed by atoms with van der Waals surface area (Å²) in [5.74, 6) is -1.18. The Balaban J connectivity index is 2.95. The summed E-state index contributed by atoms with van der Waals surface area (Å²) in [7, 11) is 1.44. The van der Waals surface area contributed by atoms with E-state index in [-0.39, 0.29) is 11.4 Å². The van der Waals surface area contributed by atoms with Crippen LogP contribution in [0.15, 0.2) is 18.3 Å². The fraction of sp³-hybridized carbons (Fsp3) is 0.125. The average Bonchev–Trinajstić information content (AvgIpc) is 2.18. The van der Waals surface area contributed by atoms with Gasteiger partial charge in [-0.15, -0.1) is 0 Å². The van der Waals surface area contributed by atoms with Crippen LogP contribution >= 0.6 is 0 Å². The summed E-state index contributed by atoms with van der Waals surface area (Å²) in [4.78, 5) is 25.2. The molecule has 0 radical (unpaired) electrons. The summed E-state index contributed by atoms with van der Waals surface area (Å²) in [5.41, 5.74) is -0.0181. The highest BCUT2D eigenvalue weighted by molar-refractivity contribution is 5.98. The number of nitrogens with one attached hydrogen (secondary N) is 2. The monoisotopic (exact) mass is 195 g/mol. The first-order valence-corrected chi connectivity index (χ1v) is 3.82. The van der Waals surface area contributed by atoms with E-state index >= 15 is 0 Å². The van der Waals surface area contributed by atoms with Gasteiger partial charge in [-0.2, -0.15) is 0 Å². The van der Waals surface area contributed by atoms with Crippen molar-refractivity contribution in [2.75, 3.05) is 12.4 Å². The van der Waals surface area contributed by atoms with Gasteiger partial charge in [-0.05, 0) is 12.1 Å². The molecule has 0 aliphatic carbocycles. The van der Waals surface area contributed by atoms with Crippen molar-refractivity contribution in [3.05, 3.63) is 24.0 Å². The number of carbonyl (C=O) groups is 2. The smallest absolute Gasteiger partial charge is 0.356 e. The maximum atomic E-state index is 10.9. The van der Waals surface area contributed by atoms with E-state index in [0.29, 0.717) is 0 Å². The third-order valence-corrected chi connectivity index (χ3v) is 1.49. The predicted molar refractivity (Wildman–Crippen MR) is 49.3 cm³/mol. The van der Waals surface area contributed by atoms with Crippen molar-refractivity contribution in [1.29, 1.82) is 0 Å². The Hall–Kier alpha value is -2.11. The lowest BCUT2D eigenvalue weighted by Gasteiger charge is -2.05. The van der Waals surface area contributed by atoms with Crippen molar-refractivity contribution in [3.8, 4) is 0 Å². The van der Waals surface area contributed by atoms with Gasteiger partial charge in [0.1, 0.15) is 0 Å². The van der Waals surface area contributed by atoms with Crippen LogP contribution in [-0.2, 0) is 0 Å². The number of carboxylic acids is 1. The minimum Gasteiger partial charge on any atom is -0.476 e. The number of pyridine rings is 1. The molecule has 0 spiro atoms. The van der Waals surface area contributed by atoms with Crippen molar-refractivity contribution in [2.24, 2.45) is 0 Å². The maximum Gasteiger partial charge on any atom is 0.356 e. The number of hydrogen-bond acceptors (Lipinski definition) is 3. The molecular formula is C8H9N3O3. The summed E-state index contributed by atoms with van der Waals surface area (Å²) >= 11 is 0. The zero-order valence-electron chi connectivity index (χ0n) is 7.44. The first kappa shape index (κ1) is 9.97. The number of urea groups is 1. The van der Waals surface area contributed by atoms with E-state index < -0.39 is 12.0 Å². The van der Waals surface area contributed by atoms with E-state index in [2.05, 4.69) is 15.6 Å². The van der Waals surface area contributed by atoms with Gasteiger partial charge in [-0.1, -0.05) is 0 Å². The molecule has 0 aromatic carbocycles. The van der Waals surface area contributed by atoms with Gasteiger partial charge in [0.05, 0.1) is 5.69 Å². The molecule has 2 amide bonds. The molecule has 0 atom stereocenters. The molecule has 1 aromatic heterocycles. The van der Waals surface area contributed by atoms with Gasteiger partial charge in [-0.3, -0.25) is 0 Å². The molecule has 6 heteroatoms. The molecule has 1 rings (SSSR count). The molecule has 1 heterocycles. The molecule has 0 fully saturated rings. The lowest BCUT2D eigenvalue weighted by molar-refractivity contribution is 0.0692. The third-order valence-electron chi connectivity index (χ3n) is 1.49.